The van der Waals surface area contributed by atoms with Crippen molar-refractivity contribution < 1.29 is 4.52 Å². The molecule has 2 heterocycles. The summed E-state index contributed by atoms with van der Waals surface area (Å²) in [6.45, 7) is 8.93. The normalized spacial score (nSPS) is 21.2. The predicted octanol–water partition coefficient (Wildman–Crippen LogP) is 2.01. The first-order valence-corrected chi connectivity index (χ1v) is 7.50. The lowest BCUT2D eigenvalue weighted by atomic mass is 10.1. The molecule has 1 fully saturated rings. The van der Waals surface area contributed by atoms with Gasteiger partial charge in [-0.3, -0.25) is 4.90 Å². The smallest absolute Gasteiger partial charge is 0.240 e. The van der Waals surface area contributed by atoms with Crippen molar-refractivity contribution in [2.24, 2.45) is 5.73 Å². The Morgan fingerprint density at radius 2 is 2.26 bits per heavy atom. The second-order valence-electron chi connectivity index (χ2n) is 5.37. The topological polar surface area (TPSA) is 68.2 Å². The lowest BCUT2D eigenvalue weighted by Crippen LogP contribution is -2.37. The van der Waals surface area contributed by atoms with Crippen LogP contribution in [0.1, 0.15) is 38.9 Å². The zero-order valence-electron chi connectivity index (χ0n) is 11.8. The largest absolute Gasteiger partial charge is 0.338 e. The van der Waals surface area contributed by atoms with Crippen molar-refractivity contribution >= 4 is 24.2 Å². The van der Waals surface area contributed by atoms with Gasteiger partial charge in [-0.2, -0.15) is 16.7 Å². The van der Waals surface area contributed by atoms with E-state index in [0.717, 1.165) is 24.9 Å². The SMILES string of the molecule is CCC1CN(Cc2nc(C(C)(C)N)no2)CCS1.Cl. The van der Waals surface area contributed by atoms with E-state index in [1.54, 1.807) is 0 Å². The van der Waals surface area contributed by atoms with Crippen molar-refractivity contribution in [2.75, 3.05) is 18.8 Å². The first-order valence-electron chi connectivity index (χ1n) is 6.45. The van der Waals surface area contributed by atoms with Crippen LogP contribution in [0.5, 0.6) is 0 Å². The van der Waals surface area contributed by atoms with Crippen LogP contribution in [0.2, 0.25) is 0 Å². The molecule has 5 nitrogen and oxygen atoms in total. The molecule has 19 heavy (non-hydrogen) atoms. The maximum atomic E-state index is 5.94. The summed E-state index contributed by atoms with van der Waals surface area (Å²) >= 11 is 2.06. The molecule has 1 saturated heterocycles. The number of hydrogen-bond acceptors (Lipinski definition) is 6. The van der Waals surface area contributed by atoms with Gasteiger partial charge < -0.3 is 10.3 Å². The van der Waals surface area contributed by atoms with Crippen LogP contribution in [-0.4, -0.2) is 39.1 Å². The van der Waals surface area contributed by atoms with E-state index in [0.29, 0.717) is 11.7 Å². The molecule has 1 aliphatic heterocycles. The van der Waals surface area contributed by atoms with Crippen molar-refractivity contribution in [3.63, 3.8) is 0 Å². The molecule has 0 bridgehead atoms. The molecular weight excluding hydrogens is 284 g/mol. The molecule has 1 unspecified atom stereocenters. The number of rotatable bonds is 4. The number of thioether (sulfide) groups is 1. The molecule has 1 aromatic rings. The highest BCUT2D eigenvalue weighted by molar-refractivity contribution is 8.00. The van der Waals surface area contributed by atoms with E-state index in [2.05, 4.69) is 33.7 Å². The van der Waals surface area contributed by atoms with Gasteiger partial charge in [-0.15, -0.1) is 12.4 Å². The highest BCUT2D eigenvalue weighted by Gasteiger charge is 2.24. The monoisotopic (exact) mass is 306 g/mol. The standard InChI is InChI=1S/C12H22N4OS.ClH/c1-4-9-7-16(5-6-18-9)8-10-14-11(15-17-10)12(2,3)13;/h9H,4-8,13H2,1-3H3;1H. The molecule has 1 aliphatic rings. The Morgan fingerprint density at radius 1 is 1.53 bits per heavy atom. The second-order valence-corrected chi connectivity index (χ2v) is 6.78. The number of aromatic nitrogens is 2. The summed E-state index contributed by atoms with van der Waals surface area (Å²) in [6, 6.07) is 0. The predicted molar refractivity (Wildman–Crippen MR) is 80.6 cm³/mol. The summed E-state index contributed by atoms with van der Waals surface area (Å²) in [5.74, 6) is 2.43. The van der Waals surface area contributed by atoms with Gasteiger partial charge in [0, 0.05) is 24.1 Å². The van der Waals surface area contributed by atoms with Gasteiger partial charge >= 0.3 is 0 Å². The first-order chi connectivity index (χ1) is 8.49. The van der Waals surface area contributed by atoms with Crippen molar-refractivity contribution in [1.82, 2.24) is 15.0 Å². The fraction of sp³-hybridized carbons (Fsp3) is 0.833. The lowest BCUT2D eigenvalue weighted by Gasteiger charge is -2.30. The Bertz CT molecular complexity index is 393. The zero-order valence-corrected chi connectivity index (χ0v) is 13.4. The van der Waals surface area contributed by atoms with Gasteiger partial charge in [-0.1, -0.05) is 12.1 Å². The molecule has 0 aliphatic carbocycles. The fourth-order valence-electron chi connectivity index (χ4n) is 1.94. The van der Waals surface area contributed by atoms with E-state index in [-0.39, 0.29) is 12.4 Å². The van der Waals surface area contributed by atoms with Gasteiger partial charge in [-0.05, 0) is 20.3 Å². The molecule has 0 saturated carbocycles. The molecule has 1 aromatic heterocycles. The third-order valence-corrected chi connectivity index (χ3v) is 4.45. The molecule has 0 radical (unpaired) electrons. The van der Waals surface area contributed by atoms with Crippen molar-refractivity contribution in [3.8, 4) is 0 Å². The average Bonchev–Trinajstić information content (AvgIpc) is 2.77. The maximum Gasteiger partial charge on any atom is 0.240 e. The second kappa shape index (κ2) is 6.92. The Labute approximate surface area is 125 Å². The van der Waals surface area contributed by atoms with Crippen molar-refractivity contribution in [3.05, 3.63) is 11.7 Å². The van der Waals surface area contributed by atoms with Crippen molar-refractivity contribution in [1.29, 1.82) is 0 Å². The van der Waals surface area contributed by atoms with E-state index in [1.807, 2.05) is 13.8 Å². The van der Waals surface area contributed by atoms with Gasteiger partial charge in [0.05, 0.1) is 12.1 Å². The van der Waals surface area contributed by atoms with Gasteiger partial charge in [-0.25, -0.2) is 0 Å². The molecule has 1 atom stereocenters. The van der Waals surface area contributed by atoms with Gasteiger partial charge in [0.15, 0.2) is 5.82 Å². The summed E-state index contributed by atoms with van der Waals surface area (Å²) in [6.07, 6.45) is 1.21. The van der Waals surface area contributed by atoms with E-state index in [1.165, 1.54) is 12.2 Å². The Kier molecular flexibility index (Phi) is 6.11. The molecule has 2 rings (SSSR count). The van der Waals surface area contributed by atoms with E-state index < -0.39 is 5.54 Å². The van der Waals surface area contributed by atoms with Crippen LogP contribution in [0, 0.1) is 0 Å². The minimum atomic E-state index is -0.536. The van der Waals surface area contributed by atoms with Crippen LogP contribution in [0.25, 0.3) is 0 Å². The zero-order chi connectivity index (χ0) is 13.2. The third kappa shape index (κ3) is 4.63. The Hall–Kier alpha value is -0.300. The summed E-state index contributed by atoms with van der Waals surface area (Å²) in [5.41, 5.74) is 5.41. The highest BCUT2D eigenvalue weighted by atomic mass is 35.5. The van der Waals surface area contributed by atoms with Crippen LogP contribution in [0.4, 0.5) is 0 Å². The number of nitrogens with zero attached hydrogens (tertiary/aromatic N) is 3. The highest BCUT2D eigenvalue weighted by Crippen LogP contribution is 2.22. The van der Waals surface area contributed by atoms with E-state index in [4.69, 9.17) is 10.3 Å². The maximum absolute atomic E-state index is 5.94. The Balaban J connectivity index is 0.00000180. The fourth-order valence-corrected chi connectivity index (χ4v) is 3.19. The summed E-state index contributed by atoms with van der Waals surface area (Å²) in [4.78, 5) is 6.76. The van der Waals surface area contributed by atoms with Gasteiger partial charge in [0.25, 0.3) is 0 Å². The lowest BCUT2D eigenvalue weighted by molar-refractivity contribution is 0.231. The summed E-state index contributed by atoms with van der Waals surface area (Å²) < 4.78 is 5.27. The molecule has 110 valence electrons. The number of halogens is 1. The molecule has 0 spiro atoms. The molecular formula is C12H23ClN4OS. The third-order valence-electron chi connectivity index (χ3n) is 3.08. The van der Waals surface area contributed by atoms with Crippen LogP contribution in [0.15, 0.2) is 4.52 Å². The van der Waals surface area contributed by atoms with Crippen LogP contribution in [-0.2, 0) is 12.1 Å². The minimum Gasteiger partial charge on any atom is -0.338 e. The summed E-state index contributed by atoms with van der Waals surface area (Å²) in [7, 11) is 0. The van der Waals surface area contributed by atoms with Crippen LogP contribution in [0.3, 0.4) is 0 Å². The molecule has 7 heteroatoms. The van der Waals surface area contributed by atoms with Gasteiger partial charge in [0.2, 0.25) is 5.89 Å². The quantitative estimate of drug-likeness (QED) is 0.918. The molecule has 0 aromatic carbocycles. The molecule has 2 N–H and O–H groups in total. The Morgan fingerprint density at radius 3 is 2.84 bits per heavy atom. The van der Waals surface area contributed by atoms with Crippen LogP contribution < -0.4 is 5.73 Å². The van der Waals surface area contributed by atoms with E-state index >= 15 is 0 Å². The van der Waals surface area contributed by atoms with Gasteiger partial charge in [0.1, 0.15) is 0 Å². The average molecular weight is 307 g/mol. The molecule has 0 amide bonds. The minimum absolute atomic E-state index is 0. The number of hydrogen-bond donors (Lipinski definition) is 1. The summed E-state index contributed by atoms with van der Waals surface area (Å²) in [5, 5.41) is 4.68. The first kappa shape index (κ1) is 16.8. The van der Waals surface area contributed by atoms with Crippen molar-refractivity contribution in [2.45, 2.75) is 44.5 Å². The number of nitrogens with two attached hydrogens (primary N) is 1. The van der Waals surface area contributed by atoms with Crippen LogP contribution >= 0.6 is 24.2 Å². The van der Waals surface area contributed by atoms with E-state index in [9.17, 15) is 0 Å².